The number of nitrogens with zero attached hydrogens (tertiary/aromatic N) is 1. The molecule has 31 heavy (non-hydrogen) atoms. The number of alkyl carbamates (subject to hydrolysis) is 1. The number of benzene rings is 1. The summed E-state index contributed by atoms with van der Waals surface area (Å²) in [6, 6.07) is 8.04. The number of nitrogens with one attached hydrogen (secondary N) is 1. The Hall–Kier alpha value is -3.50. The topological polar surface area (TPSA) is 96.0 Å². The van der Waals surface area contributed by atoms with E-state index >= 15 is 0 Å². The van der Waals surface area contributed by atoms with E-state index in [1.54, 1.807) is 6.92 Å². The molecule has 0 aliphatic rings. The number of hydrogen-bond acceptors (Lipinski definition) is 7. The molecule has 0 aliphatic carbocycles. The van der Waals surface area contributed by atoms with Gasteiger partial charge < -0.3 is 24.3 Å². The summed E-state index contributed by atoms with van der Waals surface area (Å²) in [6.45, 7) is 3.46. The van der Waals surface area contributed by atoms with Crippen molar-refractivity contribution in [1.29, 1.82) is 0 Å². The van der Waals surface area contributed by atoms with Crippen LogP contribution in [0.15, 0.2) is 42.6 Å². The van der Waals surface area contributed by atoms with Gasteiger partial charge in [-0.25, -0.2) is 14.6 Å². The van der Waals surface area contributed by atoms with E-state index < -0.39 is 29.9 Å². The van der Waals surface area contributed by atoms with Crippen molar-refractivity contribution in [2.24, 2.45) is 0 Å². The summed E-state index contributed by atoms with van der Waals surface area (Å²) in [5.74, 6) is 0.0386. The lowest BCUT2D eigenvalue weighted by Crippen LogP contribution is -2.31. The van der Waals surface area contributed by atoms with E-state index in [-0.39, 0.29) is 25.6 Å². The zero-order chi connectivity index (χ0) is 22.9. The third-order valence-electron chi connectivity index (χ3n) is 3.65. The van der Waals surface area contributed by atoms with Crippen molar-refractivity contribution in [3.8, 4) is 17.4 Å². The van der Waals surface area contributed by atoms with E-state index in [2.05, 4.69) is 15.0 Å². The molecule has 0 aliphatic heterocycles. The van der Waals surface area contributed by atoms with Gasteiger partial charge in [0.1, 0.15) is 18.1 Å². The van der Waals surface area contributed by atoms with E-state index in [1.807, 2.05) is 0 Å². The molecule has 8 nitrogen and oxygen atoms in total. The van der Waals surface area contributed by atoms with Crippen LogP contribution in [0.2, 0.25) is 0 Å². The van der Waals surface area contributed by atoms with Gasteiger partial charge in [0.05, 0.1) is 18.7 Å². The van der Waals surface area contributed by atoms with Crippen molar-refractivity contribution in [1.82, 2.24) is 10.3 Å². The number of hydrogen-bond donors (Lipinski definition) is 1. The molecule has 1 heterocycles. The number of ether oxygens (including phenoxy) is 4. The van der Waals surface area contributed by atoms with Crippen LogP contribution >= 0.6 is 0 Å². The Labute approximate surface area is 176 Å². The maximum absolute atomic E-state index is 12.5. The molecule has 0 saturated heterocycles. The van der Waals surface area contributed by atoms with Crippen LogP contribution in [0, 0.1) is 0 Å². The van der Waals surface area contributed by atoms with Crippen molar-refractivity contribution in [3.05, 3.63) is 48.2 Å². The highest BCUT2D eigenvalue weighted by atomic mass is 19.4. The maximum Gasteiger partial charge on any atom is 0.417 e. The van der Waals surface area contributed by atoms with Crippen LogP contribution in [0.3, 0.4) is 0 Å². The Bertz CT molecular complexity index is 857. The third kappa shape index (κ3) is 8.03. The summed E-state index contributed by atoms with van der Waals surface area (Å²) in [6.07, 6.45) is -5.30. The average Bonchev–Trinajstić information content (AvgIpc) is 2.72. The van der Waals surface area contributed by atoms with Gasteiger partial charge in [-0.1, -0.05) is 0 Å². The predicted octanol–water partition coefficient (Wildman–Crippen LogP) is 3.95. The van der Waals surface area contributed by atoms with Gasteiger partial charge in [0, 0.05) is 12.3 Å². The first kappa shape index (κ1) is 23.8. The highest BCUT2D eigenvalue weighted by Gasteiger charge is 2.30. The van der Waals surface area contributed by atoms with E-state index in [0.717, 1.165) is 12.1 Å². The Morgan fingerprint density at radius 3 is 2.32 bits per heavy atom. The summed E-state index contributed by atoms with van der Waals surface area (Å²) in [5.41, 5.74) is -0.874. The van der Waals surface area contributed by atoms with Gasteiger partial charge in [-0.05, 0) is 44.2 Å². The molecule has 11 heteroatoms. The molecule has 1 amide bonds. The second kappa shape index (κ2) is 11.0. The molecule has 1 aromatic carbocycles. The lowest BCUT2D eigenvalue weighted by Gasteiger charge is -2.14. The smallest absolute Gasteiger partial charge is 0.417 e. The Balaban J connectivity index is 1.79. The summed E-state index contributed by atoms with van der Waals surface area (Å²) in [5, 5.41) is 2.41. The van der Waals surface area contributed by atoms with E-state index in [1.165, 1.54) is 31.2 Å². The van der Waals surface area contributed by atoms with Gasteiger partial charge in [0.2, 0.25) is 5.88 Å². The highest BCUT2D eigenvalue weighted by molar-refractivity contribution is 5.74. The van der Waals surface area contributed by atoms with Crippen LogP contribution in [0.25, 0.3) is 0 Å². The summed E-state index contributed by atoms with van der Waals surface area (Å²) < 4.78 is 58.2. The first-order valence-corrected chi connectivity index (χ1v) is 9.24. The molecule has 0 spiro atoms. The minimum atomic E-state index is -4.47. The molecule has 168 valence electrons. The van der Waals surface area contributed by atoms with Crippen LogP contribution in [-0.2, 0) is 20.4 Å². The monoisotopic (exact) mass is 442 g/mol. The molecule has 1 aromatic heterocycles. The van der Waals surface area contributed by atoms with Crippen LogP contribution in [0.5, 0.6) is 17.4 Å². The number of halogens is 3. The van der Waals surface area contributed by atoms with Gasteiger partial charge >= 0.3 is 18.2 Å². The van der Waals surface area contributed by atoms with Gasteiger partial charge in [-0.2, -0.15) is 13.2 Å². The third-order valence-corrected chi connectivity index (χ3v) is 3.65. The van der Waals surface area contributed by atoms with E-state index in [4.69, 9.17) is 14.2 Å². The molecule has 1 atom stereocenters. The molecule has 2 rings (SSSR count). The van der Waals surface area contributed by atoms with Crippen LogP contribution < -0.4 is 14.8 Å². The molecule has 0 bridgehead atoms. The fraction of sp³-hybridized carbons (Fsp3) is 0.350. The van der Waals surface area contributed by atoms with Gasteiger partial charge in [0.15, 0.2) is 6.10 Å². The first-order valence-electron chi connectivity index (χ1n) is 9.24. The van der Waals surface area contributed by atoms with Crippen molar-refractivity contribution >= 4 is 12.1 Å². The number of alkyl halides is 3. The number of carbonyl (C=O) groups excluding carboxylic acids is 2. The molecule has 0 saturated carbocycles. The van der Waals surface area contributed by atoms with Crippen LogP contribution in [-0.4, -0.2) is 42.9 Å². The van der Waals surface area contributed by atoms with Crippen molar-refractivity contribution in [2.45, 2.75) is 26.1 Å². The molecular weight excluding hydrogens is 421 g/mol. The van der Waals surface area contributed by atoms with Crippen molar-refractivity contribution in [2.75, 3.05) is 19.8 Å². The SMILES string of the molecule is CCOC(=O)NCCOC(=O)[C@@H](C)Oc1ccc(Oc2ccc(C(F)(F)F)cn2)cc1. The number of pyridine rings is 1. The Morgan fingerprint density at radius 2 is 1.74 bits per heavy atom. The Morgan fingerprint density at radius 1 is 1.06 bits per heavy atom. The molecule has 0 radical (unpaired) electrons. The van der Waals surface area contributed by atoms with E-state index in [0.29, 0.717) is 17.7 Å². The number of carbonyl (C=O) groups is 2. The fourth-order valence-electron chi connectivity index (χ4n) is 2.17. The number of amides is 1. The summed E-state index contributed by atoms with van der Waals surface area (Å²) in [7, 11) is 0. The van der Waals surface area contributed by atoms with Gasteiger partial charge in [-0.3, -0.25) is 0 Å². The normalized spacial score (nSPS) is 11.9. The largest absolute Gasteiger partial charge is 0.479 e. The summed E-state index contributed by atoms with van der Waals surface area (Å²) in [4.78, 5) is 26.6. The van der Waals surface area contributed by atoms with Crippen LogP contribution in [0.4, 0.5) is 18.0 Å². The number of aromatic nitrogens is 1. The molecule has 0 fully saturated rings. The van der Waals surface area contributed by atoms with Gasteiger partial charge in [0.25, 0.3) is 0 Å². The Kier molecular flexibility index (Phi) is 8.47. The number of esters is 1. The lowest BCUT2D eigenvalue weighted by molar-refractivity contribution is -0.150. The van der Waals surface area contributed by atoms with Crippen LogP contribution in [0.1, 0.15) is 19.4 Å². The average molecular weight is 442 g/mol. The second-order valence-electron chi connectivity index (χ2n) is 6.03. The van der Waals surface area contributed by atoms with Gasteiger partial charge in [-0.15, -0.1) is 0 Å². The molecule has 2 aromatic rings. The van der Waals surface area contributed by atoms with E-state index in [9.17, 15) is 22.8 Å². The van der Waals surface area contributed by atoms with Crippen molar-refractivity contribution in [3.63, 3.8) is 0 Å². The fourth-order valence-corrected chi connectivity index (χ4v) is 2.17. The zero-order valence-electron chi connectivity index (χ0n) is 16.8. The summed E-state index contributed by atoms with van der Waals surface area (Å²) >= 11 is 0. The zero-order valence-corrected chi connectivity index (χ0v) is 16.8. The minimum absolute atomic E-state index is 0.00459. The molecule has 0 unspecified atom stereocenters. The highest BCUT2D eigenvalue weighted by Crippen LogP contribution is 2.30. The second-order valence-corrected chi connectivity index (χ2v) is 6.03. The predicted molar refractivity (Wildman–Crippen MR) is 102 cm³/mol. The maximum atomic E-state index is 12.5. The lowest BCUT2D eigenvalue weighted by atomic mass is 10.3. The quantitative estimate of drug-likeness (QED) is 0.464. The molecule has 1 N–H and O–H groups in total. The first-order chi connectivity index (χ1) is 14.7. The standard InChI is InChI=1S/C20H21F3N2O6/c1-3-28-19(27)24-10-11-29-18(26)13(2)30-15-5-7-16(8-6-15)31-17-9-4-14(12-25-17)20(21,22)23/h4-9,12-13H,3,10-11H2,1-2H3,(H,24,27)/t13-/m1/s1. The minimum Gasteiger partial charge on any atom is -0.479 e. The molecular formula is C20H21F3N2O6. The number of rotatable bonds is 9. The van der Waals surface area contributed by atoms with Crippen molar-refractivity contribution < 1.29 is 41.7 Å².